The topological polar surface area (TPSA) is 62.6 Å². The Balaban J connectivity index is 2.04. The van der Waals surface area contributed by atoms with Crippen LogP contribution in [0.1, 0.15) is 11.5 Å². The zero-order valence-electron chi connectivity index (χ0n) is 9.86. The predicted octanol–water partition coefficient (Wildman–Crippen LogP) is 1.94. The summed E-state index contributed by atoms with van der Waals surface area (Å²) in [7, 11) is 0. The van der Waals surface area contributed by atoms with Gasteiger partial charge in [0.05, 0.1) is 19.4 Å². The number of benzene rings is 1. The Morgan fingerprint density at radius 3 is 2.67 bits per heavy atom. The van der Waals surface area contributed by atoms with E-state index in [1.54, 1.807) is 42.7 Å². The molecule has 0 saturated carbocycles. The lowest BCUT2D eigenvalue weighted by Gasteiger charge is -2.16. The predicted molar refractivity (Wildman–Crippen MR) is 67.7 cm³/mol. The molecule has 0 aliphatic carbocycles. The fraction of sp³-hybridized carbons (Fsp3) is 0.214. The number of phenols is 1. The molecule has 0 aliphatic heterocycles. The number of rotatable bonds is 5. The Hall–Kier alpha value is -2.07. The van der Waals surface area contributed by atoms with Crippen LogP contribution in [-0.2, 0) is 0 Å². The lowest BCUT2D eigenvalue weighted by molar-refractivity contribution is 0.202. The van der Waals surface area contributed by atoms with Gasteiger partial charge in [-0.2, -0.15) is 0 Å². The third kappa shape index (κ3) is 2.99. The second kappa shape index (κ2) is 6.02. The molecule has 0 fully saturated rings. The van der Waals surface area contributed by atoms with E-state index in [1.807, 2.05) is 6.07 Å². The van der Waals surface area contributed by atoms with Crippen molar-refractivity contribution in [3.63, 3.8) is 0 Å². The van der Waals surface area contributed by atoms with Crippen LogP contribution in [0.15, 0.2) is 48.8 Å². The standard InChI is InChI=1S/C14H15NO3/c16-9-11(13-5-1-2-6-14(13)17)10-18-12-4-3-7-15-8-12/h1-8,11,16-17H,9-10H2. The number of para-hydroxylation sites is 1. The Morgan fingerprint density at radius 1 is 1.17 bits per heavy atom. The van der Waals surface area contributed by atoms with Crippen molar-refractivity contribution in [2.75, 3.05) is 13.2 Å². The zero-order chi connectivity index (χ0) is 12.8. The Labute approximate surface area is 106 Å². The number of aromatic nitrogens is 1. The van der Waals surface area contributed by atoms with Crippen LogP contribution in [0.5, 0.6) is 11.5 Å². The fourth-order valence-corrected chi connectivity index (χ4v) is 1.70. The molecule has 1 aromatic heterocycles. The van der Waals surface area contributed by atoms with E-state index in [-0.39, 0.29) is 18.3 Å². The van der Waals surface area contributed by atoms with E-state index < -0.39 is 0 Å². The van der Waals surface area contributed by atoms with Crippen LogP contribution < -0.4 is 4.74 Å². The third-order valence-corrected chi connectivity index (χ3v) is 2.68. The highest BCUT2D eigenvalue weighted by atomic mass is 16.5. The van der Waals surface area contributed by atoms with Gasteiger partial charge in [-0.3, -0.25) is 4.98 Å². The molecule has 0 aliphatic rings. The van der Waals surface area contributed by atoms with E-state index in [9.17, 15) is 10.2 Å². The number of aliphatic hydroxyl groups excluding tert-OH is 1. The number of hydrogen-bond acceptors (Lipinski definition) is 4. The fourth-order valence-electron chi connectivity index (χ4n) is 1.70. The van der Waals surface area contributed by atoms with Gasteiger partial charge in [-0.05, 0) is 18.2 Å². The molecule has 4 nitrogen and oxygen atoms in total. The molecule has 0 saturated heterocycles. The molecule has 0 bridgehead atoms. The molecule has 4 heteroatoms. The molecule has 2 N–H and O–H groups in total. The molecular weight excluding hydrogens is 230 g/mol. The van der Waals surface area contributed by atoms with Crippen LogP contribution in [0.3, 0.4) is 0 Å². The Morgan fingerprint density at radius 2 is 2.00 bits per heavy atom. The summed E-state index contributed by atoms with van der Waals surface area (Å²) in [6.45, 7) is 0.206. The highest BCUT2D eigenvalue weighted by molar-refractivity contribution is 5.35. The molecule has 94 valence electrons. The normalized spacial score (nSPS) is 12.1. The van der Waals surface area contributed by atoms with Crippen LogP contribution in [0.2, 0.25) is 0 Å². The van der Waals surface area contributed by atoms with Crippen LogP contribution in [-0.4, -0.2) is 28.4 Å². The van der Waals surface area contributed by atoms with Crippen molar-refractivity contribution in [2.24, 2.45) is 0 Å². The van der Waals surface area contributed by atoms with Gasteiger partial charge in [-0.15, -0.1) is 0 Å². The highest BCUT2D eigenvalue weighted by Gasteiger charge is 2.15. The molecule has 18 heavy (non-hydrogen) atoms. The van der Waals surface area contributed by atoms with Crippen LogP contribution in [0.25, 0.3) is 0 Å². The average molecular weight is 245 g/mol. The number of hydrogen-bond donors (Lipinski definition) is 2. The van der Waals surface area contributed by atoms with Gasteiger partial charge in [0.25, 0.3) is 0 Å². The summed E-state index contributed by atoms with van der Waals surface area (Å²) in [5.41, 5.74) is 0.684. The van der Waals surface area contributed by atoms with Crippen LogP contribution in [0, 0.1) is 0 Å². The van der Waals surface area contributed by atoms with Crippen molar-refractivity contribution in [2.45, 2.75) is 5.92 Å². The lowest BCUT2D eigenvalue weighted by atomic mass is 10.00. The van der Waals surface area contributed by atoms with Gasteiger partial charge in [-0.25, -0.2) is 0 Å². The quantitative estimate of drug-likeness (QED) is 0.845. The number of aliphatic hydroxyl groups is 1. The van der Waals surface area contributed by atoms with Gasteiger partial charge in [-0.1, -0.05) is 18.2 Å². The van der Waals surface area contributed by atoms with Crippen LogP contribution in [0.4, 0.5) is 0 Å². The maximum Gasteiger partial charge on any atom is 0.137 e. The highest BCUT2D eigenvalue weighted by Crippen LogP contribution is 2.25. The summed E-state index contributed by atoms with van der Waals surface area (Å²) in [5.74, 6) is 0.559. The first-order valence-corrected chi connectivity index (χ1v) is 5.73. The van der Waals surface area contributed by atoms with Gasteiger partial charge in [0.1, 0.15) is 11.5 Å². The van der Waals surface area contributed by atoms with Crippen molar-refractivity contribution in [1.82, 2.24) is 4.98 Å². The van der Waals surface area contributed by atoms with Crippen molar-refractivity contribution >= 4 is 0 Å². The minimum atomic E-state index is -0.258. The van der Waals surface area contributed by atoms with E-state index >= 15 is 0 Å². The number of pyridine rings is 1. The van der Waals surface area contributed by atoms with E-state index in [0.29, 0.717) is 17.9 Å². The second-order valence-electron chi connectivity index (χ2n) is 3.94. The molecule has 0 radical (unpaired) electrons. The van der Waals surface area contributed by atoms with E-state index in [0.717, 1.165) is 0 Å². The Kier molecular flexibility index (Phi) is 4.15. The number of ether oxygens (including phenoxy) is 1. The molecular formula is C14H15NO3. The SMILES string of the molecule is OCC(COc1cccnc1)c1ccccc1O. The van der Waals surface area contributed by atoms with Crippen molar-refractivity contribution in [1.29, 1.82) is 0 Å². The summed E-state index contributed by atoms with van der Waals surface area (Å²) in [5, 5.41) is 19.1. The molecule has 1 aromatic carbocycles. The summed E-state index contributed by atoms with van der Waals surface area (Å²) < 4.78 is 5.53. The molecule has 2 rings (SSSR count). The number of aromatic hydroxyl groups is 1. The second-order valence-corrected chi connectivity index (χ2v) is 3.94. The van der Waals surface area contributed by atoms with Gasteiger partial charge >= 0.3 is 0 Å². The van der Waals surface area contributed by atoms with Gasteiger partial charge < -0.3 is 14.9 Å². The third-order valence-electron chi connectivity index (χ3n) is 2.68. The first kappa shape index (κ1) is 12.4. The maximum absolute atomic E-state index is 9.73. The first-order valence-electron chi connectivity index (χ1n) is 5.73. The summed E-state index contributed by atoms with van der Waals surface area (Å²) >= 11 is 0. The van der Waals surface area contributed by atoms with E-state index in [1.165, 1.54) is 0 Å². The largest absolute Gasteiger partial charge is 0.508 e. The minimum Gasteiger partial charge on any atom is -0.508 e. The van der Waals surface area contributed by atoms with Gasteiger partial charge in [0, 0.05) is 17.7 Å². The smallest absolute Gasteiger partial charge is 0.137 e. The molecule has 0 amide bonds. The average Bonchev–Trinajstić information content (AvgIpc) is 2.42. The molecule has 1 unspecified atom stereocenters. The lowest BCUT2D eigenvalue weighted by Crippen LogP contribution is -2.14. The summed E-state index contributed by atoms with van der Waals surface area (Å²) in [6.07, 6.45) is 3.28. The first-order chi connectivity index (χ1) is 8.81. The van der Waals surface area contributed by atoms with Gasteiger partial charge in [0.15, 0.2) is 0 Å². The minimum absolute atomic E-state index is 0.0855. The Bertz CT molecular complexity index is 487. The molecule has 1 heterocycles. The van der Waals surface area contributed by atoms with E-state index in [2.05, 4.69) is 4.98 Å². The summed E-state index contributed by atoms with van der Waals surface area (Å²) in [6, 6.07) is 10.5. The number of nitrogens with zero attached hydrogens (tertiary/aromatic N) is 1. The van der Waals surface area contributed by atoms with Crippen molar-refractivity contribution in [3.8, 4) is 11.5 Å². The number of phenolic OH excluding ortho intramolecular Hbond substituents is 1. The van der Waals surface area contributed by atoms with Crippen molar-refractivity contribution < 1.29 is 14.9 Å². The maximum atomic E-state index is 9.73. The van der Waals surface area contributed by atoms with Crippen LogP contribution >= 0.6 is 0 Å². The zero-order valence-corrected chi connectivity index (χ0v) is 9.86. The molecule has 0 spiro atoms. The van der Waals surface area contributed by atoms with Gasteiger partial charge in [0.2, 0.25) is 0 Å². The molecule has 1 atom stereocenters. The monoisotopic (exact) mass is 245 g/mol. The molecule has 2 aromatic rings. The summed E-state index contributed by atoms with van der Waals surface area (Å²) in [4.78, 5) is 3.94. The van der Waals surface area contributed by atoms with Crippen molar-refractivity contribution in [3.05, 3.63) is 54.4 Å². The van der Waals surface area contributed by atoms with E-state index in [4.69, 9.17) is 4.74 Å².